The van der Waals surface area contributed by atoms with Gasteiger partial charge in [-0.15, -0.1) is 0 Å². The van der Waals surface area contributed by atoms with Gasteiger partial charge in [-0.2, -0.15) is 0 Å². The van der Waals surface area contributed by atoms with Gasteiger partial charge in [-0.25, -0.2) is 0 Å². The Morgan fingerprint density at radius 1 is 1.43 bits per heavy atom. The van der Waals surface area contributed by atoms with Gasteiger partial charge >= 0.3 is 0 Å². The fraction of sp³-hybridized carbons (Fsp3) is 1.00. The van der Waals surface area contributed by atoms with E-state index in [0.29, 0.717) is 0 Å². The minimum Gasteiger partial charge on any atom is -1.00 e. The fourth-order valence-corrected chi connectivity index (χ4v) is 0.289. The SMILES string of the molecule is CCCCOC.[Br-]. The third-order valence-electron chi connectivity index (χ3n) is 0.702. The average molecular weight is 168 g/mol. The maximum atomic E-state index is 4.78. The van der Waals surface area contributed by atoms with Crippen molar-refractivity contribution < 1.29 is 21.7 Å². The Kier molecular flexibility index (Phi) is 14.4. The Bertz CT molecular complexity index is 20.0. The molecule has 0 saturated heterocycles. The molecule has 0 bridgehead atoms. The lowest BCUT2D eigenvalue weighted by Crippen LogP contribution is -3.00. The minimum absolute atomic E-state index is 0. The molecule has 0 aromatic carbocycles. The zero-order chi connectivity index (χ0) is 4.83. The molecule has 0 aromatic rings. The van der Waals surface area contributed by atoms with Crippen LogP contribution >= 0.6 is 0 Å². The van der Waals surface area contributed by atoms with E-state index in [-0.39, 0.29) is 17.0 Å². The molecular formula is C5H12BrO-. The van der Waals surface area contributed by atoms with Crippen molar-refractivity contribution in [2.24, 2.45) is 0 Å². The van der Waals surface area contributed by atoms with Gasteiger partial charge in [-0.05, 0) is 6.42 Å². The van der Waals surface area contributed by atoms with Crippen LogP contribution in [-0.4, -0.2) is 13.7 Å². The fourth-order valence-electron chi connectivity index (χ4n) is 0.289. The normalized spacial score (nSPS) is 7.71. The zero-order valence-electron chi connectivity index (χ0n) is 4.91. The van der Waals surface area contributed by atoms with Crippen molar-refractivity contribution in [3.8, 4) is 0 Å². The molecule has 0 rings (SSSR count). The first-order valence-electron chi connectivity index (χ1n) is 2.40. The summed E-state index contributed by atoms with van der Waals surface area (Å²) >= 11 is 0. The summed E-state index contributed by atoms with van der Waals surface area (Å²) in [5, 5.41) is 0. The van der Waals surface area contributed by atoms with Gasteiger partial charge in [0.05, 0.1) is 0 Å². The molecular weight excluding hydrogens is 156 g/mol. The molecule has 46 valence electrons. The van der Waals surface area contributed by atoms with Crippen molar-refractivity contribution in [2.75, 3.05) is 13.7 Å². The smallest absolute Gasteiger partial charge is 0.0462 e. The van der Waals surface area contributed by atoms with Gasteiger partial charge < -0.3 is 21.7 Å². The summed E-state index contributed by atoms with van der Waals surface area (Å²) in [6.45, 7) is 3.07. The van der Waals surface area contributed by atoms with E-state index in [1.807, 2.05) is 0 Å². The maximum Gasteiger partial charge on any atom is 0.0462 e. The van der Waals surface area contributed by atoms with Crippen LogP contribution < -0.4 is 17.0 Å². The van der Waals surface area contributed by atoms with Crippen LogP contribution in [0.25, 0.3) is 0 Å². The topological polar surface area (TPSA) is 9.23 Å². The van der Waals surface area contributed by atoms with E-state index in [1.54, 1.807) is 7.11 Å². The second kappa shape index (κ2) is 9.67. The van der Waals surface area contributed by atoms with Crippen molar-refractivity contribution in [3.05, 3.63) is 0 Å². The lowest BCUT2D eigenvalue weighted by Gasteiger charge is -1.89. The first kappa shape index (κ1) is 10.4. The van der Waals surface area contributed by atoms with Crippen LogP contribution in [0.4, 0.5) is 0 Å². The highest BCUT2D eigenvalue weighted by Crippen LogP contribution is 1.83. The lowest BCUT2D eigenvalue weighted by molar-refractivity contribution is -0.00000181. The molecule has 0 atom stereocenters. The summed E-state index contributed by atoms with van der Waals surface area (Å²) in [5.74, 6) is 0. The number of rotatable bonds is 3. The summed E-state index contributed by atoms with van der Waals surface area (Å²) in [6, 6.07) is 0. The van der Waals surface area contributed by atoms with Gasteiger partial charge in [0.2, 0.25) is 0 Å². The van der Waals surface area contributed by atoms with E-state index >= 15 is 0 Å². The molecule has 2 heteroatoms. The van der Waals surface area contributed by atoms with Crippen LogP contribution in [-0.2, 0) is 4.74 Å². The van der Waals surface area contributed by atoms with Crippen molar-refractivity contribution >= 4 is 0 Å². The van der Waals surface area contributed by atoms with Gasteiger partial charge in [-0.3, -0.25) is 0 Å². The van der Waals surface area contributed by atoms with E-state index in [9.17, 15) is 0 Å². The Labute approximate surface area is 55.8 Å². The molecule has 1 nitrogen and oxygen atoms in total. The molecule has 0 aliphatic carbocycles. The highest BCUT2D eigenvalue weighted by atomic mass is 79.9. The Morgan fingerprint density at radius 3 is 2.14 bits per heavy atom. The van der Waals surface area contributed by atoms with E-state index in [4.69, 9.17) is 4.74 Å². The Hall–Kier alpha value is 0.440. The van der Waals surface area contributed by atoms with Crippen molar-refractivity contribution in [1.29, 1.82) is 0 Å². The molecule has 0 spiro atoms. The quantitative estimate of drug-likeness (QED) is 0.463. The molecule has 0 radical (unpaired) electrons. The van der Waals surface area contributed by atoms with Crippen LogP contribution in [0.1, 0.15) is 19.8 Å². The second-order valence-corrected chi connectivity index (χ2v) is 1.35. The number of unbranched alkanes of at least 4 members (excludes halogenated alkanes) is 1. The predicted molar refractivity (Wildman–Crippen MR) is 26.8 cm³/mol. The van der Waals surface area contributed by atoms with Gasteiger partial charge in [0.25, 0.3) is 0 Å². The van der Waals surface area contributed by atoms with Gasteiger partial charge in [0.15, 0.2) is 0 Å². The van der Waals surface area contributed by atoms with Gasteiger partial charge in [0, 0.05) is 13.7 Å². The third kappa shape index (κ3) is 10.7. The molecule has 0 aliphatic heterocycles. The maximum absolute atomic E-state index is 4.78. The number of methoxy groups -OCH3 is 1. The van der Waals surface area contributed by atoms with Crippen LogP contribution in [0.2, 0.25) is 0 Å². The number of hydrogen-bond acceptors (Lipinski definition) is 1. The molecule has 0 fully saturated rings. The third-order valence-corrected chi connectivity index (χ3v) is 0.702. The van der Waals surface area contributed by atoms with Crippen molar-refractivity contribution in [3.63, 3.8) is 0 Å². The molecule has 0 unspecified atom stereocenters. The first-order valence-corrected chi connectivity index (χ1v) is 2.40. The van der Waals surface area contributed by atoms with E-state index in [1.165, 1.54) is 12.8 Å². The Balaban J connectivity index is 0. The first-order chi connectivity index (χ1) is 2.91. The molecule has 0 saturated carbocycles. The van der Waals surface area contributed by atoms with Gasteiger partial charge in [-0.1, -0.05) is 13.3 Å². The van der Waals surface area contributed by atoms with E-state index in [2.05, 4.69) is 6.92 Å². The minimum atomic E-state index is 0. The summed E-state index contributed by atoms with van der Waals surface area (Å²) in [6.07, 6.45) is 2.42. The molecule has 0 N–H and O–H groups in total. The number of ether oxygens (including phenoxy) is 1. The summed E-state index contributed by atoms with van der Waals surface area (Å²) in [5.41, 5.74) is 0. The zero-order valence-corrected chi connectivity index (χ0v) is 6.49. The van der Waals surface area contributed by atoms with Crippen LogP contribution in [0.3, 0.4) is 0 Å². The molecule has 7 heavy (non-hydrogen) atoms. The van der Waals surface area contributed by atoms with Crippen molar-refractivity contribution in [1.82, 2.24) is 0 Å². The average Bonchev–Trinajstić information content (AvgIpc) is 1.61. The molecule has 0 heterocycles. The predicted octanol–water partition coefficient (Wildman–Crippen LogP) is -1.56. The summed E-state index contributed by atoms with van der Waals surface area (Å²) < 4.78 is 4.78. The molecule has 0 amide bonds. The lowest BCUT2D eigenvalue weighted by atomic mass is 10.4. The molecule has 0 aromatic heterocycles. The van der Waals surface area contributed by atoms with Crippen LogP contribution in [0.5, 0.6) is 0 Å². The highest BCUT2D eigenvalue weighted by molar-refractivity contribution is 4.26. The second-order valence-electron chi connectivity index (χ2n) is 1.35. The van der Waals surface area contributed by atoms with Crippen LogP contribution in [0, 0.1) is 0 Å². The highest BCUT2D eigenvalue weighted by Gasteiger charge is 1.74. The summed E-state index contributed by atoms with van der Waals surface area (Å²) in [7, 11) is 1.73. The van der Waals surface area contributed by atoms with E-state index < -0.39 is 0 Å². The van der Waals surface area contributed by atoms with Gasteiger partial charge in [0.1, 0.15) is 0 Å². The van der Waals surface area contributed by atoms with E-state index in [0.717, 1.165) is 6.61 Å². The largest absolute Gasteiger partial charge is 1.00 e. The molecule has 0 aliphatic rings. The number of halogens is 1. The Morgan fingerprint density at radius 2 is 2.00 bits per heavy atom. The number of hydrogen-bond donors (Lipinski definition) is 0. The summed E-state index contributed by atoms with van der Waals surface area (Å²) in [4.78, 5) is 0. The van der Waals surface area contributed by atoms with Crippen LogP contribution in [0.15, 0.2) is 0 Å². The standard InChI is InChI=1S/C5H12O.BrH/c1-3-4-5-6-2;/h3-5H2,1-2H3;1H/p-1. The van der Waals surface area contributed by atoms with Crippen molar-refractivity contribution in [2.45, 2.75) is 19.8 Å². The monoisotopic (exact) mass is 167 g/mol.